The average Bonchev–Trinajstić information content (AvgIpc) is 2.55. The first-order valence-corrected chi connectivity index (χ1v) is 6.65. The van der Waals surface area contributed by atoms with E-state index in [1.165, 1.54) is 0 Å². The predicted octanol–water partition coefficient (Wildman–Crippen LogP) is 1.88. The minimum absolute atomic E-state index is 0.306. The van der Waals surface area contributed by atoms with Gasteiger partial charge in [0.15, 0.2) is 0 Å². The Labute approximate surface area is 115 Å². The average molecular weight is 274 g/mol. The van der Waals surface area contributed by atoms with E-state index in [9.17, 15) is 5.11 Å². The van der Waals surface area contributed by atoms with Crippen molar-refractivity contribution in [1.82, 2.24) is 14.7 Å². The number of aryl methyl sites for hydroxylation is 2. The van der Waals surface area contributed by atoms with Crippen molar-refractivity contribution in [1.29, 1.82) is 0 Å². The fraction of sp³-hybridized carbons (Fsp3) is 0.769. The summed E-state index contributed by atoms with van der Waals surface area (Å²) in [4.78, 5) is 2.02. The summed E-state index contributed by atoms with van der Waals surface area (Å²) in [5.74, 6) is 0. The van der Waals surface area contributed by atoms with Crippen LogP contribution in [-0.2, 0) is 19.9 Å². The van der Waals surface area contributed by atoms with Gasteiger partial charge in [-0.2, -0.15) is 5.10 Å². The maximum atomic E-state index is 10.4. The minimum Gasteiger partial charge on any atom is -0.391 e. The molecule has 1 aromatic heterocycles. The molecule has 0 radical (unpaired) electrons. The van der Waals surface area contributed by atoms with Gasteiger partial charge < -0.3 is 10.0 Å². The lowest BCUT2D eigenvalue weighted by molar-refractivity contribution is 0.0172. The second kappa shape index (κ2) is 5.59. The van der Waals surface area contributed by atoms with E-state index in [1.54, 1.807) is 4.68 Å². The van der Waals surface area contributed by atoms with Gasteiger partial charge in [0.1, 0.15) is 0 Å². The van der Waals surface area contributed by atoms with Crippen molar-refractivity contribution >= 4 is 11.6 Å². The van der Waals surface area contributed by atoms with Crippen molar-refractivity contribution in [3.63, 3.8) is 0 Å². The summed E-state index contributed by atoms with van der Waals surface area (Å²) < 4.78 is 1.77. The fourth-order valence-corrected chi connectivity index (χ4v) is 2.14. The van der Waals surface area contributed by atoms with Crippen molar-refractivity contribution < 1.29 is 5.11 Å². The highest BCUT2D eigenvalue weighted by atomic mass is 35.5. The van der Waals surface area contributed by atoms with Gasteiger partial charge in [-0.05, 0) is 34.4 Å². The maximum Gasteiger partial charge on any atom is 0.0850 e. The molecule has 4 nitrogen and oxygen atoms in total. The van der Waals surface area contributed by atoms with Gasteiger partial charge in [0.05, 0.1) is 22.5 Å². The van der Waals surface area contributed by atoms with Crippen molar-refractivity contribution in [3.8, 4) is 0 Å². The van der Waals surface area contributed by atoms with E-state index in [4.69, 9.17) is 11.6 Å². The molecule has 1 aromatic rings. The van der Waals surface area contributed by atoms with Gasteiger partial charge in [0.2, 0.25) is 0 Å². The standard InChI is InChI=1S/C13H24ClN3O/c1-7-9-12(14)10(17(6)15-9)8-11(18)13(2,3)16(4)5/h11,18H,7-8H2,1-6H3. The number of aliphatic hydroxyl groups is 1. The van der Waals surface area contributed by atoms with E-state index in [1.807, 2.05) is 46.8 Å². The molecule has 1 heterocycles. The van der Waals surface area contributed by atoms with Gasteiger partial charge in [0.25, 0.3) is 0 Å². The molecule has 0 spiro atoms. The topological polar surface area (TPSA) is 41.3 Å². The van der Waals surface area contributed by atoms with Crippen molar-refractivity contribution in [2.75, 3.05) is 14.1 Å². The van der Waals surface area contributed by atoms with Crippen LogP contribution in [0, 0.1) is 0 Å². The number of nitrogens with zero attached hydrogens (tertiary/aromatic N) is 3. The van der Waals surface area contributed by atoms with Crippen LogP contribution in [0.2, 0.25) is 5.02 Å². The Bertz CT molecular complexity index is 413. The molecule has 0 bridgehead atoms. The monoisotopic (exact) mass is 273 g/mol. The van der Waals surface area contributed by atoms with Gasteiger partial charge in [-0.25, -0.2) is 0 Å². The number of rotatable bonds is 5. The zero-order chi connectivity index (χ0) is 14.1. The number of aliphatic hydroxyl groups excluding tert-OH is 1. The van der Waals surface area contributed by atoms with E-state index >= 15 is 0 Å². The third kappa shape index (κ3) is 2.87. The third-order valence-corrected chi connectivity index (χ3v) is 4.29. The Balaban J connectivity index is 2.95. The van der Waals surface area contributed by atoms with Gasteiger partial charge >= 0.3 is 0 Å². The zero-order valence-corrected chi connectivity index (χ0v) is 12.9. The first-order chi connectivity index (χ1) is 8.21. The van der Waals surface area contributed by atoms with E-state index in [2.05, 4.69) is 5.10 Å². The van der Waals surface area contributed by atoms with E-state index < -0.39 is 6.10 Å². The molecule has 0 aliphatic heterocycles. The second-order valence-electron chi connectivity index (χ2n) is 5.45. The molecule has 0 fully saturated rings. The Morgan fingerprint density at radius 3 is 2.39 bits per heavy atom. The highest BCUT2D eigenvalue weighted by molar-refractivity contribution is 6.31. The van der Waals surface area contributed by atoms with Gasteiger partial charge in [0, 0.05) is 19.0 Å². The van der Waals surface area contributed by atoms with Crippen LogP contribution in [0.5, 0.6) is 0 Å². The Kier molecular flexibility index (Phi) is 4.81. The molecule has 1 atom stereocenters. The van der Waals surface area contributed by atoms with Crippen LogP contribution >= 0.6 is 11.6 Å². The van der Waals surface area contributed by atoms with Crippen LogP contribution in [0.1, 0.15) is 32.2 Å². The Morgan fingerprint density at radius 2 is 2.00 bits per heavy atom. The summed E-state index contributed by atoms with van der Waals surface area (Å²) in [7, 11) is 5.80. The molecule has 18 heavy (non-hydrogen) atoms. The zero-order valence-electron chi connectivity index (χ0n) is 12.2. The molecule has 0 aliphatic rings. The predicted molar refractivity (Wildman–Crippen MR) is 75.1 cm³/mol. The van der Waals surface area contributed by atoms with Crippen LogP contribution in [0.15, 0.2) is 0 Å². The summed E-state index contributed by atoms with van der Waals surface area (Å²) in [5, 5.41) is 15.4. The molecule has 0 aliphatic carbocycles. The highest BCUT2D eigenvalue weighted by Crippen LogP contribution is 2.25. The second-order valence-corrected chi connectivity index (χ2v) is 5.83. The number of halogens is 1. The lowest BCUT2D eigenvalue weighted by Gasteiger charge is -2.37. The molecule has 0 saturated carbocycles. The third-order valence-electron chi connectivity index (χ3n) is 3.86. The number of hydrogen-bond acceptors (Lipinski definition) is 3. The smallest absolute Gasteiger partial charge is 0.0850 e. The van der Waals surface area contributed by atoms with Gasteiger partial charge in [-0.15, -0.1) is 0 Å². The molecular weight excluding hydrogens is 250 g/mol. The van der Waals surface area contributed by atoms with E-state index in [-0.39, 0.29) is 5.54 Å². The normalized spacial score (nSPS) is 14.3. The first-order valence-electron chi connectivity index (χ1n) is 6.27. The highest BCUT2D eigenvalue weighted by Gasteiger charge is 2.31. The lowest BCUT2D eigenvalue weighted by atomic mass is 9.92. The van der Waals surface area contributed by atoms with Crippen LogP contribution in [0.3, 0.4) is 0 Å². The Morgan fingerprint density at radius 1 is 1.44 bits per heavy atom. The molecule has 1 rings (SSSR count). The Hall–Kier alpha value is -0.580. The summed E-state index contributed by atoms with van der Waals surface area (Å²) in [6.07, 6.45) is 0.818. The summed E-state index contributed by atoms with van der Waals surface area (Å²) >= 11 is 6.30. The largest absolute Gasteiger partial charge is 0.391 e. The molecule has 1 unspecified atom stereocenters. The fourth-order valence-electron chi connectivity index (χ4n) is 1.77. The van der Waals surface area contributed by atoms with Crippen molar-refractivity contribution in [2.24, 2.45) is 7.05 Å². The molecule has 104 valence electrons. The maximum absolute atomic E-state index is 10.4. The minimum atomic E-state index is -0.495. The van der Waals surface area contributed by atoms with E-state index in [0.29, 0.717) is 11.4 Å². The first kappa shape index (κ1) is 15.5. The van der Waals surface area contributed by atoms with Gasteiger partial charge in [-0.1, -0.05) is 18.5 Å². The SMILES string of the molecule is CCc1nn(C)c(CC(O)C(C)(C)N(C)C)c1Cl. The molecular formula is C13H24ClN3O. The van der Waals surface area contributed by atoms with Crippen molar-refractivity contribution in [3.05, 3.63) is 16.4 Å². The quantitative estimate of drug-likeness (QED) is 0.891. The summed E-state index contributed by atoms with van der Waals surface area (Å²) in [6, 6.07) is 0. The number of likely N-dealkylation sites (N-methyl/N-ethyl adjacent to an activating group) is 1. The molecule has 5 heteroatoms. The van der Waals surface area contributed by atoms with Crippen LogP contribution in [0.4, 0.5) is 0 Å². The van der Waals surface area contributed by atoms with Gasteiger partial charge in [-0.3, -0.25) is 4.68 Å². The number of aromatic nitrogens is 2. The van der Waals surface area contributed by atoms with Crippen molar-refractivity contribution in [2.45, 2.75) is 45.3 Å². The molecule has 0 aromatic carbocycles. The lowest BCUT2D eigenvalue weighted by Crippen LogP contribution is -2.49. The summed E-state index contributed by atoms with van der Waals surface area (Å²) in [5.41, 5.74) is 1.49. The van der Waals surface area contributed by atoms with Crippen LogP contribution < -0.4 is 0 Å². The molecule has 0 saturated heterocycles. The van der Waals surface area contributed by atoms with Crippen LogP contribution in [0.25, 0.3) is 0 Å². The van der Waals surface area contributed by atoms with E-state index in [0.717, 1.165) is 17.8 Å². The number of hydrogen-bond donors (Lipinski definition) is 1. The molecule has 1 N–H and O–H groups in total. The molecule has 0 amide bonds. The summed E-state index contributed by atoms with van der Waals surface area (Å²) in [6.45, 7) is 6.06. The van der Waals surface area contributed by atoms with Crippen LogP contribution in [-0.4, -0.2) is 45.5 Å².